The number of ketones is 1. The lowest BCUT2D eigenvalue weighted by atomic mass is 10.0. The molecule has 0 radical (unpaired) electrons. The molecule has 0 aliphatic carbocycles. The van der Waals surface area contributed by atoms with E-state index in [1.807, 2.05) is 60.7 Å². The first kappa shape index (κ1) is 31.1. The summed E-state index contributed by atoms with van der Waals surface area (Å²) in [5.74, 6) is -0.105. The van der Waals surface area contributed by atoms with E-state index >= 15 is 0 Å². The molecule has 3 N–H and O–H groups in total. The number of H-pyrrole nitrogens is 1. The fourth-order valence-corrected chi connectivity index (χ4v) is 6.29. The predicted octanol–water partition coefficient (Wildman–Crippen LogP) is 6.14. The van der Waals surface area contributed by atoms with Gasteiger partial charge in [-0.3, -0.25) is 14.7 Å². The highest BCUT2D eigenvalue weighted by Gasteiger charge is 2.22. The third kappa shape index (κ3) is 6.91. The molecule has 2 saturated heterocycles. The number of hydrogen-bond acceptors (Lipinski definition) is 9. The number of carbonyl (C=O) groups is 2. The van der Waals surface area contributed by atoms with Gasteiger partial charge in [0.1, 0.15) is 5.69 Å². The van der Waals surface area contributed by atoms with Gasteiger partial charge >= 0.3 is 0 Å². The molecule has 11 nitrogen and oxygen atoms in total. The van der Waals surface area contributed by atoms with Crippen LogP contribution in [0.2, 0.25) is 0 Å². The summed E-state index contributed by atoms with van der Waals surface area (Å²) in [6, 6.07) is 23.6. The van der Waals surface area contributed by atoms with E-state index in [2.05, 4.69) is 49.3 Å². The molecule has 2 aliphatic heterocycles. The normalized spacial score (nSPS) is 14.9. The zero-order valence-corrected chi connectivity index (χ0v) is 26.7. The zero-order valence-electron chi connectivity index (χ0n) is 26.7. The van der Waals surface area contributed by atoms with Crippen LogP contribution < -0.4 is 20.4 Å². The van der Waals surface area contributed by atoms with Gasteiger partial charge in [0.15, 0.2) is 11.4 Å². The Morgan fingerprint density at radius 3 is 2.42 bits per heavy atom. The minimum absolute atomic E-state index is 0.0843. The largest absolute Gasteiger partial charge is 0.378 e. The number of nitrogens with zero attached hydrogens (tertiary/aromatic N) is 5. The number of carbonyl (C=O) groups excluding carboxylic acids is 2. The van der Waals surface area contributed by atoms with Crippen molar-refractivity contribution in [3.8, 4) is 11.3 Å². The second-order valence-electron chi connectivity index (χ2n) is 12.1. The number of hydrogen-bond donors (Lipinski definition) is 3. The van der Waals surface area contributed by atoms with Gasteiger partial charge in [0.05, 0.1) is 24.3 Å². The topological polar surface area (TPSA) is 128 Å². The summed E-state index contributed by atoms with van der Waals surface area (Å²) in [6.07, 6.45) is 5.17. The molecular weight excluding hydrogens is 604 g/mol. The first-order valence-corrected chi connectivity index (χ1v) is 16.4. The van der Waals surface area contributed by atoms with E-state index in [4.69, 9.17) is 14.7 Å². The zero-order chi connectivity index (χ0) is 32.9. The summed E-state index contributed by atoms with van der Waals surface area (Å²) in [4.78, 5) is 40.2. The Hall–Kier alpha value is -5.55. The number of ether oxygens (including phenoxy) is 1. The van der Waals surface area contributed by atoms with E-state index in [1.165, 1.54) is 25.3 Å². The van der Waals surface area contributed by atoms with Crippen molar-refractivity contribution < 1.29 is 14.3 Å². The molecule has 5 aromatic rings. The van der Waals surface area contributed by atoms with Crippen molar-refractivity contribution in [3.63, 3.8) is 0 Å². The van der Waals surface area contributed by atoms with Crippen LogP contribution in [0.25, 0.3) is 22.3 Å². The number of piperidine rings is 1. The molecule has 0 bridgehead atoms. The van der Waals surface area contributed by atoms with Gasteiger partial charge in [-0.1, -0.05) is 30.8 Å². The van der Waals surface area contributed by atoms with Crippen molar-refractivity contribution in [2.75, 3.05) is 59.8 Å². The van der Waals surface area contributed by atoms with Crippen LogP contribution >= 0.6 is 0 Å². The van der Waals surface area contributed by atoms with Gasteiger partial charge in [-0.2, -0.15) is 10.1 Å². The maximum Gasteiger partial charge on any atom is 0.274 e. The molecule has 48 heavy (non-hydrogen) atoms. The average molecular weight is 643 g/mol. The molecule has 2 aromatic heterocycles. The molecule has 0 unspecified atom stereocenters. The quantitative estimate of drug-likeness (QED) is 0.154. The molecule has 0 saturated carbocycles. The second kappa shape index (κ2) is 14.1. The van der Waals surface area contributed by atoms with Crippen molar-refractivity contribution in [3.05, 3.63) is 96.7 Å². The smallest absolute Gasteiger partial charge is 0.274 e. The van der Waals surface area contributed by atoms with Crippen molar-refractivity contribution in [1.82, 2.24) is 20.2 Å². The fraction of sp³-hybridized carbons (Fsp3) is 0.270. The van der Waals surface area contributed by atoms with E-state index in [0.29, 0.717) is 41.6 Å². The summed E-state index contributed by atoms with van der Waals surface area (Å²) in [7, 11) is 0. The van der Waals surface area contributed by atoms with Crippen LogP contribution in [-0.2, 0) is 16.0 Å². The Balaban J connectivity index is 1.22. The number of fused-ring (bicyclic) bond motifs is 1. The van der Waals surface area contributed by atoms with Crippen molar-refractivity contribution in [2.24, 2.45) is 0 Å². The first-order chi connectivity index (χ1) is 23.5. The van der Waals surface area contributed by atoms with Gasteiger partial charge in [0, 0.05) is 60.9 Å². The minimum atomic E-state index is -0.366. The summed E-state index contributed by atoms with van der Waals surface area (Å²) in [6.45, 7) is 8.75. The Morgan fingerprint density at radius 2 is 1.62 bits per heavy atom. The summed E-state index contributed by atoms with van der Waals surface area (Å²) in [5.41, 5.74) is 6.37. The molecule has 0 spiro atoms. The van der Waals surface area contributed by atoms with Crippen LogP contribution in [0, 0.1) is 0 Å². The van der Waals surface area contributed by atoms with Crippen LogP contribution in [-0.4, -0.2) is 71.2 Å². The highest BCUT2D eigenvalue weighted by molar-refractivity contribution is 6.14. The predicted molar refractivity (Wildman–Crippen MR) is 189 cm³/mol. The molecule has 11 heteroatoms. The minimum Gasteiger partial charge on any atom is -0.378 e. The molecule has 0 atom stereocenters. The molecule has 3 aromatic carbocycles. The molecule has 2 fully saturated rings. The van der Waals surface area contributed by atoms with Crippen LogP contribution in [0.1, 0.15) is 35.3 Å². The van der Waals surface area contributed by atoms with Gasteiger partial charge in [-0.25, -0.2) is 4.98 Å². The lowest BCUT2D eigenvalue weighted by Crippen LogP contribution is -2.36. The molecule has 7 rings (SSSR count). The number of amides is 1. The van der Waals surface area contributed by atoms with Crippen molar-refractivity contribution in [2.45, 2.75) is 25.7 Å². The van der Waals surface area contributed by atoms with Crippen LogP contribution in [0.5, 0.6) is 0 Å². The van der Waals surface area contributed by atoms with Crippen molar-refractivity contribution >= 4 is 51.4 Å². The summed E-state index contributed by atoms with van der Waals surface area (Å²) < 4.78 is 5.47. The van der Waals surface area contributed by atoms with Crippen LogP contribution in [0.15, 0.2) is 85.5 Å². The molecule has 2 aliphatic rings. The monoisotopic (exact) mass is 642 g/mol. The molecule has 1 amide bonds. The Morgan fingerprint density at radius 1 is 0.854 bits per heavy atom. The third-order valence-corrected chi connectivity index (χ3v) is 8.77. The maximum absolute atomic E-state index is 13.7. The standard InChI is InChI=1S/C37H38N8O3/c1-2-31(46)23-25-8-6-9-26(22-25)33-32-34(36(47)38-27-12-14-29(15-13-27)45-18-20-48-21-19-45)42-43-35(32)41-37(40-33)39-28-10-7-11-30(24-28)44-16-4-3-5-17-44/h2,6-15,22,24H,1,3-5,16-21,23H2,(H,38,47)(H2,39,40,41,42,43). The lowest BCUT2D eigenvalue weighted by Gasteiger charge is -2.29. The number of aromatic amines is 1. The van der Waals surface area contributed by atoms with E-state index in [-0.39, 0.29) is 23.8 Å². The highest BCUT2D eigenvalue weighted by Crippen LogP contribution is 2.32. The second-order valence-corrected chi connectivity index (χ2v) is 12.1. The Labute approximate surface area is 279 Å². The number of anilines is 5. The highest BCUT2D eigenvalue weighted by atomic mass is 16.5. The summed E-state index contributed by atoms with van der Waals surface area (Å²) >= 11 is 0. The van der Waals surface area contributed by atoms with Gasteiger partial charge < -0.3 is 25.2 Å². The number of benzene rings is 3. The molecule has 4 heterocycles. The number of aromatic nitrogens is 4. The average Bonchev–Trinajstić information content (AvgIpc) is 3.57. The van der Waals surface area contributed by atoms with E-state index < -0.39 is 0 Å². The van der Waals surface area contributed by atoms with Crippen molar-refractivity contribution in [1.29, 1.82) is 0 Å². The maximum atomic E-state index is 13.7. The van der Waals surface area contributed by atoms with Crippen LogP contribution in [0.3, 0.4) is 0 Å². The van der Waals surface area contributed by atoms with Gasteiger partial charge in [-0.05, 0) is 79.4 Å². The van der Waals surface area contributed by atoms with E-state index in [1.54, 1.807) is 0 Å². The Bertz CT molecular complexity index is 1940. The molecule has 244 valence electrons. The number of rotatable bonds is 10. The van der Waals surface area contributed by atoms with E-state index in [0.717, 1.165) is 54.4 Å². The fourth-order valence-electron chi connectivity index (χ4n) is 6.29. The SMILES string of the molecule is C=CC(=O)Cc1cccc(-c2nc(Nc3cccc(N4CCCCC4)c3)nc3n[nH]c(C(=O)Nc4ccc(N5CCOCC5)cc4)c23)c1. The Kier molecular flexibility index (Phi) is 9.10. The number of allylic oxidation sites excluding steroid dienone is 1. The number of nitrogens with one attached hydrogen (secondary N) is 3. The first-order valence-electron chi connectivity index (χ1n) is 16.4. The van der Waals surface area contributed by atoms with Gasteiger partial charge in [0.2, 0.25) is 5.95 Å². The molecular formula is C37H38N8O3. The van der Waals surface area contributed by atoms with E-state index in [9.17, 15) is 9.59 Å². The van der Waals surface area contributed by atoms with Crippen LogP contribution in [0.4, 0.5) is 28.7 Å². The van der Waals surface area contributed by atoms with Gasteiger partial charge in [-0.15, -0.1) is 0 Å². The lowest BCUT2D eigenvalue weighted by molar-refractivity contribution is -0.114. The third-order valence-electron chi connectivity index (χ3n) is 8.77. The number of morpholine rings is 1. The summed E-state index contributed by atoms with van der Waals surface area (Å²) in [5, 5.41) is 14.2. The van der Waals surface area contributed by atoms with Gasteiger partial charge in [0.25, 0.3) is 5.91 Å².